The highest BCUT2D eigenvalue weighted by Crippen LogP contribution is 2.45. The van der Waals surface area contributed by atoms with Gasteiger partial charge in [-0.15, -0.1) is 9.35 Å². The summed E-state index contributed by atoms with van der Waals surface area (Å²) in [7, 11) is -3.95. The van der Waals surface area contributed by atoms with E-state index in [2.05, 4.69) is 6.92 Å². The van der Waals surface area contributed by atoms with E-state index in [1.165, 1.54) is 0 Å². The van der Waals surface area contributed by atoms with E-state index in [4.69, 9.17) is 9.02 Å². The molecule has 0 aliphatic carbocycles. The highest BCUT2D eigenvalue weighted by atomic mass is 32.2. The molecule has 2 amide bonds. The zero-order valence-corrected chi connectivity index (χ0v) is 14.5. The Hall–Kier alpha value is -1.25. The van der Waals surface area contributed by atoms with E-state index in [9.17, 15) is 18.0 Å². The molecule has 3 heterocycles. The largest absolute Gasteiger partial charge is 0.365 e. The molecule has 2 fully saturated rings. The number of rotatable bonds is 9. The van der Waals surface area contributed by atoms with Gasteiger partial charge in [0.15, 0.2) is 0 Å². The number of hydrogen-bond donors (Lipinski definition) is 0. The highest BCUT2D eigenvalue weighted by Gasteiger charge is 2.62. The molecular formula is C16H23NO6S. The van der Waals surface area contributed by atoms with Crippen LogP contribution in [0.25, 0.3) is 0 Å². The number of unbranched alkanes of at least 4 members (excludes halogenated alkanes) is 5. The molecule has 3 aliphatic rings. The highest BCUT2D eigenvalue weighted by molar-refractivity contribution is 7.86. The van der Waals surface area contributed by atoms with Crippen LogP contribution in [-0.2, 0) is 28.7 Å². The van der Waals surface area contributed by atoms with Crippen LogP contribution in [0.1, 0.15) is 45.4 Å². The molecule has 0 aromatic heterocycles. The minimum absolute atomic E-state index is 0.187. The van der Waals surface area contributed by atoms with Crippen LogP contribution in [0.4, 0.5) is 0 Å². The first-order valence-electron chi connectivity index (χ1n) is 8.58. The first-order valence-corrected chi connectivity index (χ1v) is 10.2. The Morgan fingerprint density at radius 3 is 2.12 bits per heavy atom. The Morgan fingerprint density at radius 1 is 1.00 bits per heavy atom. The second-order valence-electron chi connectivity index (χ2n) is 6.58. The van der Waals surface area contributed by atoms with E-state index < -0.39 is 46.0 Å². The van der Waals surface area contributed by atoms with Gasteiger partial charge in [-0.2, -0.15) is 8.42 Å². The molecule has 8 heteroatoms. The van der Waals surface area contributed by atoms with Crippen LogP contribution >= 0.6 is 0 Å². The summed E-state index contributed by atoms with van der Waals surface area (Å²) in [6.07, 6.45) is 8.16. The van der Waals surface area contributed by atoms with Crippen molar-refractivity contribution in [3.05, 3.63) is 12.2 Å². The molecule has 0 saturated carbocycles. The summed E-state index contributed by atoms with van der Waals surface area (Å²) in [5, 5.41) is 0.442. The minimum Gasteiger partial charge on any atom is -0.365 e. The van der Waals surface area contributed by atoms with Crippen molar-refractivity contribution < 1.29 is 27.0 Å². The van der Waals surface area contributed by atoms with Crippen LogP contribution in [0, 0.1) is 11.8 Å². The number of carbonyl (C=O) groups is 2. The number of hydrogen-bond acceptors (Lipinski definition) is 6. The summed E-state index contributed by atoms with van der Waals surface area (Å²) >= 11 is 0. The monoisotopic (exact) mass is 357 g/mol. The van der Waals surface area contributed by atoms with Crippen LogP contribution in [0.15, 0.2) is 12.2 Å². The molecule has 4 atom stereocenters. The van der Waals surface area contributed by atoms with Crippen LogP contribution in [0.2, 0.25) is 0 Å². The standard InChI is InChI=1S/C16H23NO6S/c1-2-3-4-5-6-7-10-24(20,21)23-17-15(18)13-11-8-9-12(22-11)14(13)16(17)19/h8-9,11-14H,2-7,10H2,1H3. The number of amides is 2. The van der Waals surface area contributed by atoms with Gasteiger partial charge in [-0.25, -0.2) is 0 Å². The fourth-order valence-electron chi connectivity index (χ4n) is 3.56. The van der Waals surface area contributed by atoms with Crippen LogP contribution in [-0.4, -0.2) is 43.3 Å². The molecule has 7 nitrogen and oxygen atoms in total. The third-order valence-corrected chi connectivity index (χ3v) is 5.97. The van der Waals surface area contributed by atoms with Gasteiger partial charge in [0.25, 0.3) is 21.9 Å². The van der Waals surface area contributed by atoms with Crippen molar-refractivity contribution in [3.63, 3.8) is 0 Å². The molecule has 134 valence electrons. The van der Waals surface area contributed by atoms with Gasteiger partial charge < -0.3 is 4.74 Å². The number of nitrogens with zero attached hydrogens (tertiary/aromatic N) is 1. The Morgan fingerprint density at radius 2 is 1.54 bits per heavy atom. The maximum absolute atomic E-state index is 12.3. The maximum Gasteiger partial charge on any atom is 0.288 e. The Labute approximate surface area is 142 Å². The Balaban J connectivity index is 1.52. The van der Waals surface area contributed by atoms with Crippen molar-refractivity contribution in [1.82, 2.24) is 5.06 Å². The number of ether oxygens (including phenoxy) is 1. The smallest absolute Gasteiger partial charge is 0.288 e. The van der Waals surface area contributed by atoms with Crippen molar-refractivity contribution in [2.24, 2.45) is 11.8 Å². The van der Waals surface area contributed by atoms with Crippen molar-refractivity contribution >= 4 is 21.9 Å². The summed E-state index contributed by atoms with van der Waals surface area (Å²) in [5.74, 6) is -2.73. The van der Waals surface area contributed by atoms with Gasteiger partial charge in [0, 0.05) is 0 Å². The molecule has 4 unspecified atom stereocenters. The summed E-state index contributed by atoms with van der Waals surface area (Å²) in [4.78, 5) is 24.6. The predicted octanol–water partition coefficient (Wildman–Crippen LogP) is 1.55. The van der Waals surface area contributed by atoms with Crippen LogP contribution < -0.4 is 0 Å². The molecule has 2 saturated heterocycles. The lowest BCUT2D eigenvalue weighted by molar-refractivity contribution is -0.168. The van der Waals surface area contributed by atoms with E-state index in [0.29, 0.717) is 11.5 Å². The quantitative estimate of drug-likeness (QED) is 0.353. The molecule has 0 spiro atoms. The van der Waals surface area contributed by atoms with Gasteiger partial charge in [-0.05, 0) is 6.42 Å². The summed E-state index contributed by atoms with van der Waals surface area (Å²) in [5.41, 5.74) is 0. The molecule has 0 aromatic rings. The van der Waals surface area contributed by atoms with Crippen molar-refractivity contribution in [2.75, 3.05) is 5.75 Å². The molecule has 3 rings (SSSR count). The average Bonchev–Trinajstić information content (AvgIpc) is 3.21. The van der Waals surface area contributed by atoms with Gasteiger partial charge in [-0.3, -0.25) is 9.59 Å². The van der Waals surface area contributed by atoms with Gasteiger partial charge >= 0.3 is 0 Å². The average molecular weight is 357 g/mol. The SMILES string of the molecule is CCCCCCCCS(=O)(=O)ON1C(=O)C2C3C=CC(O3)C2C1=O. The second-order valence-corrected chi connectivity index (χ2v) is 8.25. The third-order valence-electron chi connectivity index (χ3n) is 4.81. The van der Waals surface area contributed by atoms with Crippen LogP contribution in [0.3, 0.4) is 0 Å². The minimum atomic E-state index is -3.95. The topological polar surface area (TPSA) is 90.0 Å². The molecule has 0 aromatic carbocycles. The Kier molecular flexibility index (Phi) is 5.08. The van der Waals surface area contributed by atoms with E-state index in [-0.39, 0.29) is 5.75 Å². The first kappa shape index (κ1) is 17.6. The second kappa shape index (κ2) is 6.93. The first-order chi connectivity index (χ1) is 11.4. The fourth-order valence-corrected chi connectivity index (χ4v) is 4.57. The molecule has 24 heavy (non-hydrogen) atoms. The Bertz CT molecular complexity index is 613. The molecule has 2 bridgehead atoms. The number of imide groups is 1. The molecule has 0 radical (unpaired) electrons. The normalized spacial score (nSPS) is 31.3. The lowest BCUT2D eigenvalue weighted by atomic mass is 9.85. The lowest BCUT2D eigenvalue weighted by Crippen LogP contribution is -2.37. The van der Waals surface area contributed by atoms with Gasteiger partial charge in [0.1, 0.15) is 0 Å². The maximum atomic E-state index is 12.3. The number of hydroxylamine groups is 2. The predicted molar refractivity (Wildman–Crippen MR) is 84.9 cm³/mol. The number of fused-ring (bicyclic) bond motifs is 5. The van der Waals surface area contributed by atoms with Crippen molar-refractivity contribution in [3.8, 4) is 0 Å². The summed E-state index contributed by atoms with van der Waals surface area (Å²) in [6.45, 7) is 2.12. The zero-order valence-electron chi connectivity index (χ0n) is 13.7. The van der Waals surface area contributed by atoms with Gasteiger partial charge in [0.05, 0.1) is 29.8 Å². The van der Waals surface area contributed by atoms with Crippen molar-refractivity contribution in [1.29, 1.82) is 0 Å². The molecular weight excluding hydrogens is 334 g/mol. The summed E-state index contributed by atoms with van der Waals surface area (Å²) < 4.78 is 34.4. The van der Waals surface area contributed by atoms with E-state index >= 15 is 0 Å². The van der Waals surface area contributed by atoms with Gasteiger partial charge in [-0.1, -0.05) is 51.2 Å². The number of carbonyl (C=O) groups excluding carboxylic acids is 2. The third kappa shape index (κ3) is 3.27. The fraction of sp³-hybridized carbons (Fsp3) is 0.750. The van der Waals surface area contributed by atoms with Crippen LogP contribution in [0.5, 0.6) is 0 Å². The zero-order chi connectivity index (χ0) is 17.3. The van der Waals surface area contributed by atoms with E-state index in [1.54, 1.807) is 12.2 Å². The summed E-state index contributed by atoms with van der Waals surface area (Å²) in [6, 6.07) is 0. The molecule has 3 aliphatic heterocycles. The van der Waals surface area contributed by atoms with E-state index in [0.717, 1.165) is 32.1 Å². The molecule has 0 N–H and O–H groups in total. The van der Waals surface area contributed by atoms with Gasteiger partial charge in [0.2, 0.25) is 0 Å². The van der Waals surface area contributed by atoms with E-state index in [1.807, 2.05) is 0 Å². The van der Waals surface area contributed by atoms with Crippen molar-refractivity contribution in [2.45, 2.75) is 57.7 Å². The lowest BCUT2D eigenvalue weighted by Gasteiger charge is -2.16.